The number of nitriles is 1. The van der Waals surface area contributed by atoms with E-state index in [1.165, 1.54) is 17.5 Å². The third kappa shape index (κ3) is 3.45. The maximum absolute atomic E-state index is 12.9. The van der Waals surface area contributed by atoms with Crippen molar-refractivity contribution in [3.63, 3.8) is 0 Å². The lowest BCUT2D eigenvalue weighted by Gasteiger charge is -2.37. The molecule has 0 radical (unpaired) electrons. The van der Waals surface area contributed by atoms with Crippen LogP contribution in [0.4, 0.5) is 0 Å². The Labute approximate surface area is 191 Å². The summed E-state index contributed by atoms with van der Waals surface area (Å²) < 4.78 is 0.857. The second-order valence-corrected chi connectivity index (χ2v) is 9.00. The maximum Gasteiger partial charge on any atom is 0.255 e. The molecule has 9 nitrogen and oxygen atoms in total. The monoisotopic (exact) mass is 465 g/mol. The van der Waals surface area contributed by atoms with Crippen LogP contribution in [0.5, 0.6) is 0 Å². The molecule has 0 aromatic carbocycles. The molecule has 32 heavy (non-hydrogen) atoms. The molecule has 1 atom stereocenters. The van der Waals surface area contributed by atoms with E-state index >= 15 is 0 Å². The van der Waals surface area contributed by atoms with Crippen LogP contribution in [-0.2, 0) is 4.79 Å². The van der Waals surface area contributed by atoms with E-state index in [-0.39, 0.29) is 11.8 Å². The number of aromatic nitrogens is 4. The number of likely N-dealkylation sites (tertiary alicyclic amines) is 1. The van der Waals surface area contributed by atoms with Crippen molar-refractivity contribution in [2.75, 3.05) is 13.1 Å². The molecule has 4 aromatic heterocycles. The van der Waals surface area contributed by atoms with Crippen LogP contribution in [0, 0.1) is 17.2 Å². The van der Waals surface area contributed by atoms with Crippen molar-refractivity contribution in [3.05, 3.63) is 41.3 Å². The van der Waals surface area contributed by atoms with Crippen LogP contribution in [0.2, 0.25) is 5.02 Å². The highest BCUT2D eigenvalue weighted by molar-refractivity contribution is 7.22. The minimum absolute atomic E-state index is 0.136. The zero-order valence-corrected chi connectivity index (χ0v) is 18.4. The number of nitrogens with one attached hydrogen (secondary N) is 2. The van der Waals surface area contributed by atoms with E-state index in [1.54, 1.807) is 30.3 Å². The molecule has 5 rings (SSSR count). The Morgan fingerprint density at radius 3 is 2.97 bits per heavy atom. The topological polar surface area (TPSA) is 128 Å². The number of thiophene rings is 1. The standard InChI is InChI=1S/C21H16ClN7O2S/c1-10(21(31)29-8-11(5-23)9-29)27-20(30)12-6-25-19-17(12)28-15(7-26-19)16-4-14-18(32-16)13(22)2-3-24-14/h2-4,6-7,10-11H,8-9H2,1H3,(H,25,26)(H,27,30). The fourth-order valence-corrected chi connectivity index (χ4v) is 4.81. The lowest BCUT2D eigenvalue weighted by molar-refractivity contribution is -0.137. The second kappa shape index (κ2) is 7.85. The number of nitrogens with zero attached hydrogens (tertiary/aromatic N) is 5. The van der Waals surface area contributed by atoms with Crippen LogP contribution in [0.1, 0.15) is 17.3 Å². The number of amides is 2. The van der Waals surface area contributed by atoms with Gasteiger partial charge in [0, 0.05) is 25.5 Å². The first kappa shape index (κ1) is 20.4. The fraction of sp³-hybridized carbons (Fsp3) is 0.238. The molecule has 5 heterocycles. The minimum atomic E-state index is -0.723. The lowest BCUT2D eigenvalue weighted by Crippen LogP contribution is -2.55. The van der Waals surface area contributed by atoms with Crippen LogP contribution in [-0.4, -0.2) is 55.8 Å². The zero-order valence-electron chi connectivity index (χ0n) is 16.8. The molecular formula is C21H16ClN7O2S. The summed E-state index contributed by atoms with van der Waals surface area (Å²) in [4.78, 5) is 44.0. The molecular weight excluding hydrogens is 450 g/mol. The number of halogens is 1. The molecule has 11 heteroatoms. The van der Waals surface area contributed by atoms with E-state index in [1.807, 2.05) is 6.07 Å². The Hall–Kier alpha value is -3.55. The minimum Gasteiger partial charge on any atom is -0.344 e. The Morgan fingerprint density at radius 1 is 1.41 bits per heavy atom. The smallest absolute Gasteiger partial charge is 0.255 e. The van der Waals surface area contributed by atoms with Gasteiger partial charge in [0.1, 0.15) is 11.6 Å². The summed E-state index contributed by atoms with van der Waals surface area (Å²) in [5, 5.41) is 12.2. The molecule has 2 N–H and O–H groups in total. The molecule has 1 saturated heterocycles. The fourth-order valence-electron chi connectivity index (χ4n) is 3.57. The number of carbonyl (C=O) groups is 2. The Bertz CT molecular complexity index is 1420. The van der Waals surface area contributed by atoms with E-state index in [0.717, 1.165) is 15.1 Å². The van der Waals surface area contributed by atoms with Gasteiger partial charge < -0.3 is 15.2 Å². The van der Waals surface area contributed by atoms with Crippen LogP contribution in [0.25, 0.3) is 32.0 Å². The summed E-state index contributed by atoms with van der Waals surface area (Å²) in [5.41, 5.74) is 2.53. The van der Waals surface area contributed by atoms with Gasteiger partial charge in [-0.05, 0) is 19.1 Å². The highest BCUT2D eigenvalue weighted by Crippen LogP contribution is 2.35. The second-order valence-electron chi connectivity index (χ2n) is 7.54. The summed E-state index contributed by atoms with van der Waals surface area (Å²) >= 11 is 7.71. The number of fused-ring (bicyclic) bond motifs is 2. The number of rotatable bonds is 4. The number of carbonyl (C=O) groups excluding carboxylic acids is 2. The first-order chi connectivity index (χ1) is 15.4. The van der Waals surface area contributed by atoms with Crippen molar-refractivity contribution in [3.8, 4) is 16.6 Å². The molecule has 0 spiro atoms. The summed E-state index contributed by atoms with van der Waals surface area (Å²) in [6.45, 7) is 2.41. The van der Waals surface area contributed by atoms with Crippen LogP contribution in [0.15, 0.2) is 30.7 Å². The first-order valence-electron chi connectivity index (χ1n) is 9.82. The van der Waals surface area contributed by atoms with Crippen molar-refractivity contribution < 1.29 is 9.59 Å². The highest BCUT2D eigenvalue weighted by Gasteiger charge is 2.33. The van der Waals surface area contributed by atoms with E-state index in [9.17, 15) is 9.59 Å². The predicted molar refractivity (Wildman–Crippen MR) is 120 cm³/mol. The molecule has 0 saturated carbocycles. The van der Waals surface area contributed by atoms with Gasteiger partial charge in [-0.2, -0.15) is 5.26 Å². The average Bonchev–Trinajstić information content (AvgIpc) is 3.37. The largest absolute Gasteiger partial charge is 0.344 e. The number of aromatic amines is 1. The SMILES string of the molecule is CC(NC(=O)c1c[nH]c2ncc(-c3cc4nccc(Cl)c4s3)nc12)C(=O)N1CC(C#N)C1. The van der Waals surface area contributed by atoms with Gasteiger partial charge in [-0.25, -0.2) is 9.97 Å². The number of H-pyrrole nitrogens is 1. The Balaban J connectivity index is 1.40. The van der Waals surface area contributed by atoms with Crippen molar-refractivity contribution in [1.29, 1.82) is 5.26 Å². The number of hydrogen-bond acceptors (Lipinski definition) is 7. The van der Waals surface area contributed by atoms with Gasteiger partial charge in [-0.3, -0.25) is 14.6 Å². The first-order valence-corrected chi connectivity index (χ1v) is 11.0. The van der Waals surface area contributed by atoms with E-state index in [0.29, 0.717) is 40.5 Å². The third-order valence-electron chi connectivity index (χ3n) is 5.34. The van der Waals surface area contributed by atoms with E-state index in [4.69, 9.17) is 16.9 Å². The Morgan fingerprint density at radius 2 is 2.22 bits per heavy atom. The highest BCUT2D eigenvalue weighted by atomic mass is 35.5. The molecule has 0 aliphatic carbocycles. The van der Waals surface area contributed by atoms with Gasteiger partial charge in [0.15, 0.2) is 5.65 Å². The molecule has 1 aliphatic heterocycles. The maximum atomic E-state index is 12.9. The van der Waals surface area contributed by atoms with Crippen molar-refractivity contribution in [1.82, 2.24) is 30.2 Å². The van der Waals surface area contributed by atoms with Gasteiger partial charge in [0.2, 0.25) is 5.91 Å². The normalized spacial score (nSPS) is 14.8. The molecule has 2 amide bonds. The predicted octanol–water partition coefficient (Wildman–Crippen LogP) is 2.99. The zero-order chi connectivity index (χ0) is 22.4. The van der Waals surface area contributed by atoms with Gasteiger partial charge in [0.25, 0.3) is 5.91 Å². The summed E-state index contributed by atoms with van der Waals surface area (Å²) in [6.07, 6.45) is 4.80. The van der Waals surface area contributed by atoms with Gasteiger partial charge >= 0.3 is 0 Å². The third-order valence-corrected chi connectivity index (χ3v) is 6.94. The van der Waals surface area contributed by atoms with Gasteiger partial charge in [-0.15, -0.1) is 11.3 Å². The van der Waals surface area contributed by atoms with Crippen LogP contribution < -0.4 is 5.32 Å². The molecule has 1 fully saturated rings. The van der Waals surface area contributed by atoms with Crippen molar-refractivity contribution in [2.45, 2.75) is 13.0 Å². The van der Waals surface area contributed by atoms with Gasteiger partial charge in [0.05, 0.1) is 49.6 Å². The van der Waals surface area contributed by atoms with Crippen molar-refractivity contribution >= 4 is 56.1 Å². The van der Waals surface area contributed by atoms with Gasteiger partial charge in [-0.1, -0.05) is 11.6 Å². The van der Waals surface area contributed by atoms with E-state index < -0.39 is 11.9 Å². The summed E-state index contributed by atoms with van der Waals surface area (Å²) in [6, 6.07) is 5.02. The molecule has 1 unspecified atom stereocenters. The quantitative estimate of drug-likeness (QED) is 0.477. The summed E-state index contributed by atoms with van der Waals surface area (Å²) in [5.74, 6) is -0.781. The van der Waals surface area contributed by atoms with Crippen LogP contribution in [0.3, 0.4) is 0 Å². The number of hydrogen-bond donors (Lipinski definition) is 2. The average molecular weight is 466 g/mol. The molecule has 0 bridgehead atoms. The summed E-state index contributed by atoms with van der Waals surface area (Å²) in [7, 11) is 0. The van der Waals surface area contributed by atoms with Crippen molar-refractivity contribution in [2.24, 2.45) is 5.92 Å². The molecule has 1 aliphatic rings. The Kier molecular flexibility index (Phi) is 5.00. The number of pyridine rings is 1. The van der Waals surface area contributed by atoms with E-state index in [2.05, 4.69) is 31.3 Å². The van der Waals surface area contributed by atoms with Crippen LogP contribution >= 0.6 is 22.9 Å². The lowest BCUT2D eigenvalue weighted by atomic mass is 10.0. The molecule has 4 aromatic rings. The molecule has 160 valence electrons.